The van der Waals surface area contributed by atoms with E-state index in [0.717, 1.165) is 48.5 Å². The van der Waals surface area contributed by atoms with Gasteiger partial charge in [-0.05, 0) is 68.0 Å². The van der Waals surface area contributed by atoms with Gasteiger partial charge in [0.15, 0.2) is 0 Å². The number of hydrogen-bond donors (Lipinski definition) is 2. The second kappa shape index (κ2) is 10.1. The molecule has 2 aromatic carbocycles. The number of likely N-dealkylation sites (N-methyl/N-ethyl adjacent to an activating group) is 1. The summed E-state index contributed by atoms with van der Waals surface area (Å²) in [6.45, 7) is 10.3. The van der Waals surface area contributed by atoms with Gasteiger partial charge in [-0.3, -0.25) is 4.79 Å². The lowest BCUT2D eigenvalue weighted by Crippen LogP contribution is -2.28. The number of halogens is 2. The van der Waals surface area contributed by atoms with Crippen LogP contribution in [0, 0.1) is 6.92 Å². The topological polar surface area (TPSA) is 57.3 Å². The van der Waals surface area contributed by atoms with Crippen LogP contribution in [0.2, 0.25) is 10.0 Å². The van der Waals surface area contributed by atoms with Crippen LogP contribution in [0.3, 0.4) is 0 Å². The van der Waals surface area contributed by atoms with Crippen molar-refractivity contribution in [2.75, 3.05) is 36.8 Å². The summed E-state index contributed by atoms with van der Waals surface area (Å²) in [6, 6.07) is 12.6. The molecule has 0 aliphatic heterocycles. The first-order chi connectivity index (χ1) is 14.4. The molecule has 0 spiro atoms. The zero-order valence-corrected chi connectivity index (χ0v) is 18.9. The average molecular weight is 445 g/mol. The molecular formula is C23H26Cl2N4O. The van der Waals surface area contributed by atoms with Crippen LogP contribution in [0.15, 0.2) is 42.5 Å². The predicted molar refractivity (Wildman–Crippen MR) is 127 cm³/mol. The third kappa shape index (κ3) is 5.42. The number of aryl methyl sites for hydroxylation is 1. The van der Waals surface area contributed by atoms with Gasteiger partial charge in [-0.15, -0.1) is 0 Å². The number of pyridine rings is 1. The molecule has 7 heteroatoms. The quantitative estimate of drug-likeness (QED) is 0.456. The molecule has 0 radical (unpaired) electrons. The fourth-order valence-electron chi connectivity index (χ4n) is 3.29. The summed E-state index contributed by atoms with van der Waals surface area (Å²) in [6.07, 6.45) is 0. The summed E-state index contributed by atoms with van der Waals surface area (Å²) in [4.78, 5) is 19.6. The van der Waals surface area contributed by atoms with Crippen LogP contribution in [0.25, 0.3) is 10.9 Å². The second-order valence-electron chi connectivity index (χ2n) is 7.09. The third-order valence-corrected chi connectivity index (χ3v) is 5.82. The number of aromatic nitrogens is 1. The van der Waals surface area contributed by atoms with Crippen molar-refractivity contribution in [3.8, 4) is 0 Å². The monoisotopic (exact) mass is 444 g/mol. The molecule has 0 atom stereocenters. The Morgan fingerprint density at radius 3 is 2.50 bits per heavy atom. The highest BCUT2D eigenvalue weighted by Crippen LogP contribution is 2.26. The maximum Gasteiger partial charge on any atom is 0.255 e. The summed E-state index contributed by atoms with van der Waals surface area (Å²) in [5.74, 6) is 0.618. The number of amides is 1. The standard InChI is InChI=1S/C23H26Cl2N4O/c1-4-29(5-2)11-10-26-22-12-15(3)18-14-17(7-9-21(18)28-22)27-23(30)16-6-8-19(24)20(25)13-16/h6-9,12-14H,4-5,10-11H2,1-3H3,(H,26,28)(H,27,30). The van der Waals surface area contributed by atoms with Gasteiger partial charge in [-0.2, -0.15) is 0 Å². The number of nitrogens with one attached hydrogen (secondary N) is 2. The van der Waals surface area contributed by atoms with Gasteiger partial charge < -0.3 is 15.5 Å². The van der Waals surface area contributed by atoms with E-state index in [0.29, 0.717) is 21.3 Å². The molecule has 0 fully saturated rings. The van der Waals surface area contributed by atoms with Gasteiger partial charge in [0.2, 0.25) is 0 Å². The zero-order chi connectivity index (χ0) is 21.7. The number of fused-ring (bicyclic) bond motifs is 1. The van der Waals surface area contributed by atoms with Crippen molar-refractivity contribution in [1.82, 2.24) is 9.88 Å². The minimum absolute atomic E-state index is 0.242. The van der Waals surface area contributed by atoms with Gasteiger partial charge in [0.05, 0.1) is 15.6 Å². The molecule has 158 valence electrons. The summed E-state index contributed by atoms with van der Waals surface area (Å²) in [5.41, 5.74) is 3.13. The van der Waals surface area contributed by atoms with Crippen LogP contribution < -0.4 is 10.6 Å². The first-order valence-corrected chi connectivity index (χ1v) is 10.8. The van der Waals surface area contributed by atoms with Crippen LogP contribution in [0.4, 0.5) is 11.5 Å². The molecule has 1 heterocycles. The van der Waals surface area contributed by atoms with E-state index < -0.39 is 0 Å². The molecular weight excluding hydrogens is 419 g/mol. The number of benzene rings is 2. The Morgan fingerprint density at radius 1 is 1.03 bits per heavy atom. The third-order valence-electron chi connectivity index (χ3n) is 5.08. The molecule has 5 nitrogen and oxygen atoms in total. The van der Waals surface area contributed by atoms with Crippen molar-refractivity contribution in [2.24, 2.45) is 0 Å². The number of rotatable bonds is 8. The van der Waals surface area contributed by atoms with Gasteiger partial charge in [0.1, 0.15) is 5.82 Å². The number of carbonyl (C=O) groups excluding carboxylic acids is 1. The largest absolute Gasteiger partial charge is 0.369 e. The summed E-state index contributed by atoms with van der Waals surface area (Å²) in [7, 11) is 0. The van der Waals surface area contributed by atoms with E-state index >= 15 is 0 Å². The van der Waals surface area contributed by atoms with Crippen LogP contribution in [0.1, 0.15) is 29.8 Å². The lowest BCUT2D eigenvalue weighted by molar-refractivity contribution is 0.102. The lowest BCUT2D eigenvalue weighted by atomic mass is 10.1. The molecule has 1 amide bonds. The summed E-state index contributed by atoms with van der Waals surface area (Å²) >= 11 is 11.9. The van der Waals surface area contributed by atoms with E-state index in [1.165, 1.54) is 0 Å². The Hall–Kier alpha value is -2.34. The van der Waals surface area contributed by atoms with Crippen molar-refractivity contribution in [3.63, 3.8) is 0 Å². The fraction of sp³-hybridized carbons (Fsp3) is 0.304. The first-order valence-electron chi connectivity index (χ1n) is 10.0. The Morgan fingerprint density at radius 2 is 1.80 bits per heavy atom. The molecule has 3 rings (SSSR count). The summed E-state index contributed by atoms with van der Waals surface area (Å²) < 4.78 is 0. The van der Waals surface area contributed by atoms with E-state index in [1.807, 2.05) is 31.2 Å². The molecule has 0 saturated carbocycles. The van der Waals surface area contributed by atoms with E-state index in [9.17, 15) is 4.79 Å². The Balaban J connectivity index is 1.73. The molecule has 2 N–H and O–H groups in total. The van der Waals surface area contributed by atoms with Gasteiger partial charge in [0.25, 0.3) is 5.91 Å². The van der Waals surface area contributed by atoms with E-state index in [-0.39, 0.29) is 5.91 Å². The van der Waals surface area contributed by atoms with Crippen molar-refractivity contribution in [3.05, 3.63) is 63.6 Å². The van der Waals surface area contributed by atoms with E-state index in [1.54, 1.807) is 18.2 Å². The highest BCUT2D eigenvalue weighted by molar-refractivity contribution is 6.42. The van der Waals surface area contributed by atoms with E-state index in [2.05, 4.69) is 29.4 Å². The van der Waals surface area contributed by atoms with Gasteiger partial charge in [-0.25, -0.2) is 4.98 Å². The number of anilines is 2. The zero-order valence-electron chi connectivity index (χ0n) is 17.4. The van der Waals surface area contributed by atoms with Gasteiger partial charge >= 0.3 is 0 Å². The molecule has 0 aliphatic rings. The minimum Gasteiger partial charge on any atom is -0.369 e. The molecule has 30 heavy (non-hydrogen) atoms. The maximum atomic E-state index is 12.5. The molecule has 3 aromatic rings. The fourth-order valence-corrected chi connectivity index (χ4v) is 3.58. The lowest BCUT2D eigenvalue weighted by Gasteiger charge is -2.18. The molecule has 0 bridgehead atoms. The SMILES string of the molecule is CCN(CC)CCNc1cc(C)c2cc(NC(=O)c3ccc(Cl)c(Cl)c3)ccc2n1. The Bertz CT molecular complexity index is 1050. The smallest absolute Gasteiger partial charge is 0.255 e. The van der Waals surface area contributed by atoms with Crippen LogP contribution in [-0.4, -0.2) is 42.0 Å². The molecule has 0 unspecified atom stereocenters. The Labute approximate surface area is 187 Å². The maximum absolute atomic E-state index is 12.5. The first kappa shape index (κ1) is 22.3. The van der Waals surface area contributed by atoms with Crippen molar-refractivity contribution >= 4 is 51.5 Å². The molecule has 1 aromatic heterocycles. The van der Waals surface area contributed by atoms with Crippen molar-refractivity contribution in [2.45, 2.75) is 20.8 Å². The van der Waals surface area contributed by atoms with Crippen molar-refractivity contribution in [1.29, 1.82) is 0 Å². The predicted octanol–water partition coefficient (Wildman–Crippen LogP) is 5.86. The Kier molecular flexibility index (Phi) is 7.53. The second-order valence-corrected chi connectivity index (χ2v) is 7.91. The van der Waals surface area contributed by atoms with Gasteiger partial charge in [0, 0.05) is 29.7 Å². The normalized spacial score (nSPS) is 11.1. The molecule has 0 saturated heterocycles. The number of hydrogen-bond acceptors (Lipinski definition) is 4. The van der Waals surface area contributed by atoms with E-state index in [4.69, 9.17) is 28.2 Å². The van der Waals surface area contributed by atoms with Gasteiger partial charge in [-0.1, -0.05) is 37.0 Å². The van der Waals surface area contributed by atoms with Crippen LogP contribution in [-0.2, 0) is 0 Å². The number of nitrogens with zero attached hydrogens (tertiary/aromatic N) is 2. The highest BCUT2D eigenvalue weighted by Gasteiger charge is 2.10. The average Bonchev–Trinajstić information content (AvgIpc) is 2.73. The summed E-state index contributed by atoms with van der Waals surface area (Å²) in [5, 5.41) is 8.08. The number of carbonyl (C=O) groups is 1. The minimum atomic E-state index is -0.242. The van der Waals surface area contributed by atoms with Crippen LogP contribution >= 0.6 is 23.2 Å². The van der Waals surface area contributed by atoms with Crippen LogP contribution in [0.5, 0.6) is 0 Å². The molecule has 0 aliphatic carbocycles. The van der Waals surface area contributed by atoms with Crippen molar-refractivity contribution < 1.29 is 4.79 Å². The highest BCUT2D eigenvalue weighted by atomic mass is 35.5.